The SMILES string of the molecule is CCOC(=O)Cn1ncc(N2CCCC(C)C2)c(Cl)c1=O. The van der Waals surface area contributed by atoms with Gasteiger partial charge in [-0.05, 0) is 25.7 Å². The minimum absolute atomic E-state index is 0.114. The van der Waals surface area contributed by atoms with E-state index in [1.165, 1.54) is 6.42 Å². The quantitative estimate of drug-likeness (QED) is 0.792. The molecular weight excluding hydrogens is 294 g/mol. The molecule has 0 amide bonds. The lowest BCUT2D eigenvalue weighted by Gasteiger charge is -2.32. The maximum atomic E-state index is 12.2. The van der Waals surface area contributed by atoms with E-state index in [0.29, 0.717) is 11.6 Å². The summed E-state index contributed by atoms with van der Waals surface area (Å²) in [6.07, 6.45) is 3.81. The van der Waals surface area contributed by atoms with E-state index in [0.717, 1.165) is 24.2 Å². The van der Waals surface area contributed by atoms with Crippen LogP contribution >= 0.6 is 11.6 Å². The minimum Gasteiger partial charge on any atom is -0.465 e. The first kappa shape index (κ1) is 15.8. The van der Waals surface area contributed by atoms with E-state index in [-0.39, 0.29) is 18.2 Å². The number of anilines is 1. The molecule has 1 saturated heterocycles. The van der Waals surface area contributed by atoms with E-state index in [2.05, 4.69) is 16.9 Å². The van der Waals surface area contributed by atoms with Crippen LogP contribution in [0, 0.1) is 5.92 Å². The molecule has 0 spiro atoms. The third-order valence-corrected chi connectivity index (χ3v) is 3.90. The van der Waals surface area contributed by atoms with E-state index in [9.17, 15) is 9.59 Å². The van der Waals surface area contributed by atoms with Crippen LogP contribution in [0.4, 0.5) is 5.69 Å². The van der Waals surface area contributed by atoms with Crippen LogP contribution in [0.2, 0.25) is 5.02 Å². The lowest BCUT2D eigenvalue weighted by molar-refractivity contribution is -0.144. The zero-order chi connectivity index (χ0) is 15.4. The summed E-state index contributed by atoms with van der Waals surface area (Å²) in [6, 6.07) is 0. The van der Waals surface area contributed by atoms with Crippen molar-refractivity contribution in [2.24, 2.45) is 5.92 Å². The van der Waals surface area contributed by atoms with E-state index in [4.69, 9.17) is 16.3 Å². The van der Waals surface area contributed by atoms with Gasteiger partial charge < -0.3 is 9.64 Å². The second-order valence-electron chi connectivity index (χ2n) is 5.31. The maximum Gasteiger partial charge on any atom is 0.327 e. The zero-order valence-electron chi connectivity index (χ0n) is 12.3. The molecule has 0 radical (unpaired) electrons. The number of carbonyl (C=O) groups is 1. The van der Waals surface area contributed by atoms with Crippen molar-refractivity contribution < 1.29 is 9.53 Å². The number of aromatic nitrogens is 2. The van der Waals surface area contributed by atoms with E-state index in [1.54, 1.807) is 13.1 Å². The van der Waals surface area contributed by atoms with Crippen molar-refractivity contribution in [3.05, 3.63) is 21.6 Å². The van der Waals surface area contributed by atoms with Crippen LogP contribution in [0.3, 0.4) is 0 Å². The average molecular weight is 314 g/mol. The van der Waals surface area contributed by atoms with Gasteiger partial charge in [0.25, 0.3) is 5.56 Å². The number of carbonyl (C=O) groups excluding carboxylic acids is 1. The number of nitrogens with zero attached hydrogens (tertiary/aromatic N) is 3. The Hall–Kier alpha value is -1.56. The third kappa shape index (κ3) is 3.75. The Morgan fingerprint density at radius 1 is 1.57 bits per heavy atom. The predicted octanol–water partition coefficient (Wildman–Crippen LogP) is 1.70. The van der Waals surface area contributed by atoms with Crippen LogP contribution in [0.1, 0.15) is 26.7 Å². The molecule has 1 atom stereocenters. The number of hydrogen-bond donors (Lipinski definition) is 0. The van der Waals surface area contributed by atoms with Crippen LogP contribution in [-0.4, -0.2) is 35.4 Å². The molecule has 1 aromatic heterocycles. The average Bonchev–Trinajstić information content (AvgIpc) is 2.44. The molecule has 21 heavy (non-hydrogen) atoms. The van der Waals surface area contributed by atoms with Gasteiger partial charge >= 0.3 is 5.97 Å². The van der Waals surface area contributed by atoms with Gasteiger partial charge in [-0.1, -0.05) is 18.5 Å². The Bertz CT molecular complexity index is 573. The van der Waals surface area contributed by atoms with Gasteiger partial charge in [-0.2, -0.15) is 5.10 Å². The molecule has 7 heteroatoms. The summed E-state index contributed by atoms with van der Waals surface area (Å²) in [4.78, 5) is 25.7. The molecule has 2 heterocycles. The summed E-state index contributed by atoms with van der Waals surface area (Å²) in [5.41, 5.74) is 0.189. The second-order valence-corrected chi connectivity index (χ2v) is 5.68. The molecule has 1 aliphatic heterocycles. The van der Waals surface area contributed by atoms with Crippen LogP contribution in [0.25, 0.3) is 0 Å². The third-order valence-electron chi connectivity index (χ3n) is 3.55. The Morgan fingerprint density at radius 2 is 2.33 bits per heavy atom. The summed E-state index contributed by atoms with van der Waals surface area (Å²) in [7, 11) is 0. The van der Waals surface area contributed by atoms with Crippen molar-refractivity contribution in [1.29, 1.82) is 0 Å². The Labute approximate surface area is 128 Å². The topological polar surface area (TPSA) is 64.4 Å². The van der Waals surface area contributed by atoms with Gasteiger partial charge in [-0.25, -0.2) is 4.68 Å². The highest BCUT2D eigenvalue weighted by Gasteiger charge is 2.21. The molecule has 0 bridgehead atoms. The minimum atomic E-state index is -0.498. The summed E-state index contributed by atoms with van der Waals surface area (Å²) >= 11 is 6.17. The molecule has 2 rings (SSSR count). The Kier molecular flexibility index (Phi) is 5.22. The highest BCUT2D eigenvalue weighted by molar-refractivity contribution is 6.33. The molecule has 1 unspecified atom stereocenters. The van der Waals surface area contributed by atoms with Gasteiger partial charge in [-0.15, -0.1) is 0 Å². The lowest BCUT2D eigenvalue weighted by Crippen LogP contribution is -2.37. The molecule has 0 aliphatic carbocycles. The van der Waals surface area contributed by atoms with E-state index < -0.39 is 11.5 Å². The van der Waals surface area contributed by atoms with Crippen LogP contribution in [-0.2, 0) is 16.1 Å². The smallest absolute Gasteiger partial charge is 0.327 e. The summed E-state index contributed by atoms with van der Waals surface area (Å²) in [5.74, 6) is 0.0688. The largest absolute Gasteiger partial charge is 0.465 e. The molecule has 1 aromatic rings. The van der Waals surface area contributed by atoms with Crippen LogP contribution in [0.5, 0.6) is 0 Å². The lowest BCUT2D eigenvalue weighted by atomic mass is 10.00. The van der Waals surface area contributed by atoms with Crippen LogP contribution < -0.4 is 10.5 Å². The molecule has 0 aromatic carbocycles. The molecule has 0 saturated carbocycles. The van der Waals surface area contributed by atoms with Crippen molar-refractivity contribution in [2.45, 2.75) is 33.2 Å². The van der Waals surface area contributed by atoms with Gasteiger partial charge in [0, 0.05) is 13.1 Å². The number of hydrogen-bond acceptors (Lipinski definition) is 5. The molecule has 1 fully saturated rings. The fourth-order valence-corrected chi connectivity index (χ4v) is 2.79. The van der Waals surface area contributed by atoms with Crippen molar-refractivity contribution in [3.63, 3.8) is 0 Å². The highest BCUT2D eigenvalue weighted by Crippen LogP contribution is 2.26. The zero-order valence-corrected chi connectivity index (χ0v) is 13.1. The fraction of sp³-hybridized carbons (Fsp3) is 0.643. The summed E-state index contributed by atoms with van der Waals surface area (Å²) in [5, 5.41) is 4.15. The summed E-state index contributed by atoms with van der Waals surface area (Å²) < 4.78 is 5.85. The molecule has 1 aliphatic rings. The highest BCUT2D eigenvalue weighted by atomic mass is 35.5. The van der Waals surface area contributed by atoms with Crippen molar-refractivity contribution in [2.75, 3.05) is 24.6 Å². The van der Waals surface area contributed by atoms with Crippen molar-refractivity contribution in [1.82, 2.24) is 9.78 Å². The number of ether oxygens (including phenoxy) is 1. The number of halogens is 1. The summed E-state index contributed by atoms with van der Waals surface area (Å²) in [6.45, 7) is 5.67. The normalized spacial score (nSPS) is 18.6. The number of rotatable bonds is 4. The van der Waals surface area contributed by atoms with Gasteiger partial charge in [0.1, 0.15) is 11.6 Å². The Morgan fingerprint density at radius 3 is 3.00 bits per heavy atom. The number of esters is 1. The predicted molar refractivity (Wildman–Crippen MR) is 80.8 cm³/mol. The number of piperidine rings is 1. The first-order chi connectivity index (χ1) is 10.0. The maximum absolute atomic E-state index is 12.2. The van der Waals surface area contributed by atoms with Crippen molar-refractivity contribution >= 4 is 23.3 Å². The molecular formula is C14H20ClN3O3. The Balaban J connectivity index is 2.21. The van der Waals surface area contributed by atoms with Gasteiger partial charge in [-0.3, -0.25) is 9.59 Å². The second kappa shape index (κ2) is 6.93. The van der Waals surface area contributed by atoms with Gasteiger partial charge in [0.05, 0.1) is 18.5 Å². The first-order valence-corrected chi connectivity index (χ1v) is 7.57. The van der Waals surface area contributed by atoms with E-state index >= 15 is 0 Å². The van der Waals surface area contributed by atoms with Crippen LogP contribution in [0.15, 0.2) is 11.0 Å². The van der Waals surface area contributed by atoms with Gasteiger partial charge in [0.2, 0.25) is 0 Å². The molecule has 6 nitrogen and oxygen atoms in total. The van der Waals surface area contributed by atoms with Crippen molar-refractivity contribution in [3.8, 4) is 0 Å². The van der Waals surface area contributed by atoms with E-state index in [1.807, 2.05) is 0 Å². The molecule has 0 N–H and O–H groups in total. The fourth-order valence-electron chi connectivity index (χ4n) is 2.53. The monoisotopic (exact) mass is 313 g/mol. The molecule has 116 valence electrons. The van der Waals surface area contributed by atoms with Gasteiger partial charge in [0.15, 0.2) is 0 Å². The first-order valence-electron chi connectivity index (χ1n) is 7.19. The standard InChI is InChI=1S/C14H20ClN3O3/c1-3-21-12(19)9-18-14(20)13(15)11(7-16-18)17-6-4-5-10(2)8-17/h7,10H,3-6,8-9H2,1-2H3.